The molecule has 0 saturated heterocycles. The van der Waals surface area contributed by atoms with Crippen molar-refractivity contribution < 1.29 is 24.2 Å². The molecule has 2 N–H and O–H groups in total. The second-order valence-corrected chi connectivity index (χ2v) is 10.3. The van der Waals surface area contributed by atoms with Crippen LogP contribution < -0.4 is 0 Å². The maximum Gasteiger partial charge on any atom is 0.179 e. The molecule has 0 aromatic heterocycles. The highest BCUT2D eigenvalue weighted by Crippen LogP contribution is 2.70. The summed E-state index contributed by atoms with van der Waals surface area (Å²) < 4.78 is 16.8. The molecule has 8 atom stereocenters. The Labute approximate surface area is 164 Å². The van der Waals surface area contributed by atoms with Crippen molar-refractivity contribution in [3.63, 3.8) is 0 Å². The summed E-state index contributed by atoms with van der Waals surface area (Å²) >= 11 is 5.76. The fourth-order valence-electron chi connectivity index (χ4n) is 7.63. The van der Waals surface area contributed by atoms with Gasteiger partial charge in [-0.25, -0.2) is 4.39 Å². The Morgan fingerprint density at radius 3 is 2.56 bits per heavy atom. The fraction of sp³-hybridized carbons (Fsp3) is 0.905. The van der Waals surface area contributed by atoms with E-state index in [1.54, 1.807) is 0 Å². The van der Waals surface area contributed by atoms with Crippen LogP contribution in [0.2, 0.25) is 0 Å². The largest absolute Gasteiger partial charge is 0.390 e. The van der Waals surface area contributed by atoms with Gasteiger partial charge in [-0.3, -0.25) is 9.59 Å². The normalized spacial score (nSPS) is 54.8. The molecule has 0 aromatic rings. The van der Waals surface area contributed by atoms with E-state index >= 15 is 4.39 Å². The summed E-state index contributed by atoms with van der Waals surface area (Å²) in [6.07, 6.45) is 2.24. The lowest BCUT2D eigenvalue weighted by Gasteiger charge is -2.65. The molecular formula is C21H30ClFO4. The van der Waals surface area contributed by atoms with E-state index in [1.807, 2.05) is 13.8 Å². The van der Waals surface area contributed by atoms with Crippen molar-refractivity contribution in [1.29, 1.82) is 0 Å². The number of ketones is 2. The van der Waals surface area contributed by atoms with Crippen molar-refractivity contribution >= 4 is 23.2 Å². The molecule has 0 spiro atoms. The van der Waals surface area contributed by atoms with E-state index in [4.69, 9.17) is 11.6 Å². The van der Waals surface area contributed by atoms with Gasteiger partial charge in [0.25, 0.3) is 0 Å². The highest BCUT2D eigenvalue weighted by Gasteiger charge is 2.74. The van der Waals surface area contributed by atoms with E-state index < -0.39 is 39.9 Å². The molecule has 0 unspecified atom stereocenters. The molecule has 0 aromatic carbocycles. The van der Waals surface area contributed by atoms with Crippen molar-refractivity contribution in [2.45, 2.75) is 82.6 Å². The number of halogens is 2. The molecule has 4 nitrogen and oxygen atoms in total. The average molecular weight is 401 g/mol. The Morgan fingerprint density at radius 1 is 1.19 bits per heavy atom. The van der Waals surface area contributed by atoms with E-state index in [1.165, 1.54) is 0 Å². The monoisotopic (exact) mass is 400 g/mol. The van der Waals surface area contributed by atoms with E-state index in [0.717, 1.165) is 6.42 Å². The number of carbonyl (C=O) groups is 2. The van der Waals surface area contributed by atoms with Crippen molar-refractivity contribution in [3.8, 4) is 0 Å². The van der Waals surface area contributed by atoms with Gasteiger partial charge in [-0.2, -0.15) is 0 Å². The highest BCUT2D eigenvalue weighted by molar-refractivity contribution is 6.29. The molecule has 4 aliphatic carbocycles. The number of aliphatic hydroxyl groups is 2. The minimum absolute atomic E-state index is 0.0382. The Kier molecular flexibility index (Phi) is 4.39. The average Bonchev–Trinajstić information content (AvgIpc) is 2.88. The Balaban J connectivity index is 1.76. The molecule has 4 rings (SSSR count). The van der Waals surface area contributed by atoms with Crippen molar-refractivity contribution in [2.24, 2.45) is 28.6 Å². The van der Waals surface area contributed by atoms with Crippen LogP contribution in [0, 0.1) is 28.6 Å². The molecule has 0 radical (unpaired) electrons. The van der Waals surface area contributed by atoms with Crippen LogP contribution >= 0.6 is 11.6 Å². The van der Waals surface area contributed by atoms with Crippen LogP contribution in [0.5, 0.6) is 0 Å². The third kappa shape index (κ3) is 2.22. The van der Waals surface area contributed by atoms with E-state index in [2.05, 4.69) is 0 Å². The lowest BCUT2D eigenvalue weighted by Crippen LogP contribution is -2.71. The highest BCUT2D eigenvalue weighted by atomic mass is 35.5. The van der Waals surface area contributed by atoms with Gasteiger partial charge in [0.05, 0.1) is 12.0 Å². The first-order chi connectivity index (χ1) is 12.5. The molecule has 4 aliphatic rings. The number of hydrogen-bond donors (Lipinski definition) is 2. The van der Waals surface area contributed by atoms with Gasteiger partial charge in [0, 0.05) is 23.7 Å². The molecule has 4 saturated carbocycles. The van der Waals surface area contributed by atoms with Gasteiger partial charge in [-0.15, -0.1) is 11.6 Å². The molecule has 152 valence electrons. The number of hydrogen-bond acceptors (Lipinski definition) is 4. The van der Waals surface area contributed by atoms with Gasteiger partial charge in [-0.05, 0) is 56.3 Å². The standard InChI is InChI=1S/C21H30ClFO4/c1-18-7-5-13(24)9-12(18)3-4-15-14-6-8-20(27,17(26)11-22)19(14,2)10-16(25)21(15,18)23/h12,14-16,25,27H,3-11H2,1-2H3/t12-,14-,15-,16-,18-,19-,20-,21-/m0/s1. The number of fused-ring (bicyclic) bond motifs is 5. The lowest BCUT2D eigenvalue weighted by atomic mass is 9.42. The number of alkyl halides is 2. The predicted octanol–water partition coefficient (Wildman–Crippen LogP) is 3.20. The fourth-order valence-corrected chi connectivity index (χ4v) is 7.85. The minimum atomic E-state index is -1.78. The number of rotatable bonds is 2. The van der Waals surface area contributed by atoms with Crippen molar-refractivity contribution in [1.82, 2.24) is 0 Å². The molecular weight excluding hydrogens is 371 g/mol. The summed E-state index contributed by atoms with van der Waals surface area (Å²) in [4.78, 5) is 24.4. The summed E-state index contributed by atoms with van der Waals surface area (Å²) in [5.41, 5.74) is -4.98. The van der Waals surface area contributed by atoms with Gasteiger partial charge in [0.2, 0.25) is 0 Å². The first-order valence-corrected chi connectivity index (χ1v) is 10.8. The predicted molar refractivity (Wildman–Crippen MR) is 99.1 cm³/mol. The smallest absolute Gasteiger partial charge is 0.179 e. The zero-order valence-electron chi connectivity index (χ0n) is 16.1. The van der Waals surface area contributed by atoms with E-state index in [-0.39, 0.29) is 36.3 Å². The summed E-state index contributed by atoms with van der Waals surface area (Å²) in [6.45, 7) is 3.74. The third-order valence-electron chi connectivity index (χ3n) is 9.29. The van der Waals surface area contributed by atoms with Crippen LogP contribution in [0.4, 0.5) is 4.39 Å². The molecule has 0 heterocycles. The van der Waals surface area contributed by atoms with Gasteiger partial charge in [0.1, 0.15) is 17.1 Å². The van der Waals surface area contributed by atoms with Gasteiger partial charge in [0.15, 0.2) is 5.78 Å². The maximum atomic E-state index is 16.8. The van der Waals surface area contributed by atoms with Crippen LogP contribution in [0.25, 0.3) is 0 Å². The summed E-state index contributed by atoms with van der Waals surface area (Å²) in [5.74, 6) is -1.11. The number of carbonyl (C=O) groups excluding carboxylic acids is 2. The molecule has 0 aliphatic heterocycles. The Bertz CT molecular complexity index is 685. The topological polar surface area (TPSA) is 74.6 Å². The zero-order valence-corrected chi connectivity index (χ0v) is 16.9. The van der Waals surface area contributed by atoms with Crippen molar-refractivity contribution in [3.05, 3.63) is 0 Å². The molecule has 4 fully saturated rings. The summed E-state index contributed by atoms with van der Waals surface area (Å²) in [5, 5.41) is 22.3. The lowest BCUT2D eigenvalue weighted by molar-refractivity contribution is -0.253. The SMILES string of the molecule is C[C@]12CCC(=O)C[C@@H]1CC[C@H]1[C@@H]3CC[C@](O)(C(=O)CCl)[C@@]3(C)C[C@H](O)[C@@]12F. The van der Waals surface area contributed by atoms with Crippen molar-refractivity contribution in [2.75, 3.05) is 5.88 Å². The summed E-state index contributed by atoms with van der Waals surface area (Å²) in [7, 11) is 0. The third-order valence-corrected chi connectivity index (χ3v) is 9.53. The second kappa shape index (κ2) is 5.99. The molecule has 0 bridgehead atoms. The van der Waals surface area contributed by atoms with Gasteiger partial charge < -0.3 is 10.2 Å². The first kappa shape index (κ1) is 19.8. The Hall–Kier alpha value is -0.520. The number of aliphatic hydroxyl groups excluding tert-OH is 1. The van der Waals surface area contributed by atoms with Crippen LogP contribution in [0.15, 0.2) is 0 Å². The summed E-state index contributed by atoms with van der Waals surface area (Å²) in [6, 6.07) is 0. The quantitative estimate of drug-likeness (QED) is 0.698. The van der Waals surface area contributed by atoms with Crippen LogP contribution in [-0.2, 0) is 9.59 Å². The molecule has 6 heteroatoms. The number of Topliss-reactive ketones (excluding diaryl/α,β-unsaturated/α-hetero) is 2. The maximum absolute atomic E-state index is 16.8. The van der Waals surface area contributed by atoms with Gasteiger partial charge in [-0.1, -0.05) is 13.8 Å². The van der Waals surface area contributed by atoms with Crippen LogP contribution in [-0.4, -0.2) is 45.0 Å². The second-order valence-electron chi connectivity index (χ2n) is 10.0. The molecule has 0 amide bonds. The minimum Gasteiger partial charge on any atom is -0.390 e. The Morgan fingerprint density at radius 2 is 1.89 bits per heavy atom. The first-order valence-electron chi connectivity index (χ1n) is 10.2. The molecule has 27 heavy (non-hydrogen) atoms. The van der Waals surface area contributed by atoms with E-state index in [0.29, 0.717) is 32.1 Å². The van der Waals surface area contributed by atoms with Gasteiger partial charge >= 0.3 is 0 Å². The van der Waals surface area contributed by atoms with E-state index in [9.17, 15) is 19.8 Å². The van der Waals surface area contributed by atoms with Crippen LogP contribution in [0.1, 0.15) is 65.2 Å². The van der Waals surface area contributed by atoms with Crippen LogP contribution in [0.3, 0.4) is 0 Å². The zero-order chi connectivity index (χ0) is 19.8.